The van der Waals surface area contributed by atoms with E-state index in [4.69, 9.17) is 4.74 Å². The molecule has 0 saturated carbocycles. The van der Waals surface area contributed by atoms with Crippen LogP contribution in [0, 0.1) is 0 Å². The average Bonchev–Trinajstić information content (AvgIpc) is 2.76. The standard InChI is InChI=1S/C21H21N3O4/c25-15-22-9-11-23(12-10-22)21(27)17-7-5-16(6-8-17)13-24-18-3-1-2-4-19(18)28-14-20(24)26/h1-8,15H,9-14H2. The average molecular weight is 379 g/mol. The minimum Gasteiger partial charge on any atom is -0.482 e. The number of carbonyl (C=O) groups excluding carboxylic acids is 3. The Balaban J connectivity index is 1.45. The van der Waals surface area contributed by atoms with Gasteiger partial charge in [-0.05, 0) is 29.8 Å². The fraction of sp³-hybridized carbons (Fsp3) is 0.286. The van der Waals surface area contributed by atoms with Crippen LogP contribution in [0.15, 0.2) is 48.5 Å². The Kier molecular flexibility index (Phi) is 4.97. The van der Waals surface area contributed by atoms with Gasteiger partial charge in [0.1, 0.15) is 5.75 Å². The van der Waals surface area contributed by atoms with Crippen molar-refractivity contribution in [1.29, 1.82) is 0 Å². The molecule has 0 atom stereocenters. The van der Waals surface area contributed by atoms with Gasteiger partial charge in [-0.15, -0.1) is 0 Å². The van der Waals surface area contributed by atoms with E-state index >= 15 is 0 Å². The summed E-state index contributed by atoms with van der Waals surface area (Å²) < 4.78 is 5.47. The molecule has 1 saturated heterocycles. The molecule has 0 aromatic heterocycles. The number of para-hydroxylation sites is 2. The highest BCUT2D eigenvalue weighted by atomic mass is 16.5. The lowest BCUT2D eigenvalue weighted by atomic mass is 10.1. The van der Waals surface area contributed by atoms with Crippen LogP contribution >= 0.6 is 0 Å². The van der Waals surface area contributed by atoms with Crippen molar-refractivity contribution in [1.82, 2.24) is 9.80 Å². The van der Waals surface area contributed by atoms with Crippen molar-refractivity contribution in [2.75, 3.05) is 37.7 Å². The fourth-order valence-electron chi connectivity index (χ4n) is 3.48. The number of piperazine rings is 1. The van der Waals surface area contributed by atoms with Crippen LogP contribution in [0.4, 0.5) is 5.69 Å². The molecule has 0 spiro atoms. The molecular formula is C21H21N3O4. The van der Waals surface area contributed by atoms with Gasteiger partial charge in [-0.2, -0.15) is 0 Å². The normalized spacial score (nSPS) is 16.4. The zero-order chi connectivity index (χ0) is 19.5. The molecule has 2 aliphatic rings. The predicted octanol–water partition coefficient (Wildman–Crippen LogP) is 1.53. The van der Waals surface area contributed by atoms with E-state index in [0.717, 1.165) is 17.7 Å². The Hall–Kier alpha value is -3.35. The van der Waals surface area contributed by atoms with Gasteiger partial charge < -0.3 is 19.4 Å². The predicted molar refractivity (Wildman–Crippen MR) is 103 cm³/mol. The second-order valence-corrected chi connectivity index (χ2v) is 6.87. The van der Waals surface area contributed by atoms with Crippen LogP contribution in [-0.2, 0) is 16.1 Å². The maximum absolute atomic E-state index is 12.6. The molecule has 4 rings (SSSR count). The van der Waals surface area contributed by atoms with Gasteiger partial charge in [-0.25, -0.2) is 0 Å². The first-order valence-electron chi connectivity index (χ1n) is 9.25. The maximum Gasteiger partial charge on any atom is 0.265 e. The van der Waals surface area contributed by atoms with Gasteiger partial charge in [0, 0.05) is 31.7 Å². The summed E-state index contributed by atoms with van der Waals surface area (Å²) in [6, 6.07) is 14.8. The smallest absolute Gasteiger partial charge is 0.265 e. The van der Waals surface area contributed by atoms with Crippen molar-refractivity contribution >= 4 is 23.9 Å². The topological polar surface area (TPSA) is 70.2 Å². The zero-order valence-corrected chi connectivity index (χ0v) is 15.4. The van der Waals surface area contributed by atoms with Crippen LogP contribution in [0.5, 0.6) is 5.75 Å². The molecule has 2 aromatic rings. The van der Waals surface area contributed by atoms with E-state index in [-0.39, 0.29) is 18.4 Å². The summed E-state index contributed by atoms with van der Waals surface area (Å²) in [6.07, 6.45) is 0.821. The summed E-state index contributed by atoms with van der Waals surface area (Å²) in [6.45, 7) is 2.65. The highest BCUT2D eigenvalue weighted by Gasteiger charge is 2.25. The van der Waals surface area contributed by atoms with Crippen LogP contribution in [0.25, 0.3) is 0 Å². The molecule has 0 N–H and O–H groups in total. The van der Waals surface area contributed by atoms with Crippen molar-refractivity contribution in [3.8, 4) is 5.75 Å². The summed E-state index contributed by atoms with van der Waals surface area (Å²) in [5, 5.41) is 0. The van der Waals surface area contributed by atoms with E-state index in [2.05, 4.69) is 0 Å². The fourth-order valence-corrected chi connectivity index (χ4v) is 3.48. The molecule has 7 nitrogen and oxygen atoms in total. The van der Waals surface area contributed by atoms with E-state index in [9.17, 15) is 14.4 Å². The van der Waals surface area contributed by atoms with E-state index < -0.39 is 0 Å². The Morgan fingerprint density at radius 1 is 1.00 bits per heavy atom. The number of carbonyl (C=O) groups is 3. The van der Waals surface area contributed by atoms with Gasteiger partial charge in [-0.1, -0.05) is 24.3 Å². The Morgan fingerprint density at radius 3 is 2.43 bits per heavy atom. The highest BCUT2D eigenvalue weighted by Crippen LogP contribution is 2.32. The van der Waals surface area contributed by atoms with Crippen molar-refractivity contribution < 1.29 is 19.1 Å². The monoisotopic (exact) mass is 379 g/mol. The summed E-state index contributed by atoms with van der Waals surface area (Å²) in [5.41, 5.74) is 2.30. The number of benzene rings is 2. The first kappa shape index (κ1) is 18.0. The van der Waals surface area contributed by atoms with E-state index in [1.807, 2.05) is 36.4 Å². The number of fused-ring (bicyclic) bond motifs is 1. The molecule has 2 heterocycles. The minimum atomic E-state index is -0.0908. The zero-order valence-electron chi connectivity index (χ0n) is 15.4. The lowest BCUT2D eigenvalue weighted by Gasteiger charge is -2.32. The number of hydrogen-bond donors (Lipinski definition) is 0. The molecule has 2 aliphatic heterocycles. The van der Waals surface area contributed by atoms with Gasteiger partial charge in [-0.3, -0.25) is 14.4 Å². The summed E-state index contributed by atoms with van der Waals surface area (Å²) in [5.74, 6) is 0.570. The largest absolute Gasteiger partial charge is 0.482 e. The maximum atomic E-state index is 12.6. The van der Waals surface area contributed by atoms with Crippen LogP contribution in [0.2, 0.25) is 0 Å². The first-order chi connectivity index (χ1) is 13.7. The molecule has 1 fully saturated rings. The van der Waals surface area contributed by atoms with E-state index in [1.54, 1.807) is 26.8 Å². The molecule has 0 bridgehead atoms. The third-order valence-corrected chi connectivity index (χ3v) is 5.10. The molecule has 7 heteroatoms. The van der Waals surface area contributed by atoms with Crippen molar-refractivity contribution in [3.63, 3.8) is 0 Å². The number of rotatable bonds is 4. The SMILES string of the molecule is O=CN1CCN(C(=O)c2ccc(CN3C(=O)COc4ccccc43)cc2)CC1. The van der Waals surface area contributed by atoms with Gasteiger partial charge in [0.2, 0.25) is 6.41 Å². The quantitative estimate of drug-likeness (QED) is 0.756. The second kappa shape index (κ2) is 7.72. The van der Waals surface area contributed by atoms with Crippen LogP contribution in [-0.4, -0.2) is 60.8 Å². The lowest BCUT2D eigenvalue weighted by molar-refractivity contribution is -0.121. The van der Waals surface area contributed by atoms with Crippen molar-refractivity contribution in [2.24, 2.45) is 0 Å². The second-order valence-electron chi connectivity index (χ2n) is 6.87. The number of hydrogen-bond acceptors (Lipinski definition) is 4. The number of nitrogens with zero attached hydrogens (tertiary/aromatic N) is 3. The third-order valence-electron chi connectivity index (χ3n) is 5.10. The lowest BCUT2D eigenvalue weighted by Crippen LogP contribution is -2.48. The third kappa shape index (κ3) is 3.55. The van der Waals surface area contributed by atoms with Gasteiger partial charge >= 0.3 is 0 Å². The minimum absolute atomic E-state index is 0.0281. The molecule has 3 amide bonds. The molecule has 2 aromatic carbocycles. The first-order valence-corrected chi connectivity index (χ1v) is 9.25. The van der Waals surface area contributed by atoms with Crippen LogP contribution < -0.4 is 9.64 Å². The number of amides is 3. The van der Waals surface area contributed by atoms with Crippen molar-refractivity contribution in [2.45, 2.75) is 6.54 Å². The highest BCUT2D eigenvalue weighted by molar-refractivity contribution is 5.98. The van der Waals surface area contributed by atoms with Gasteiger partial charge in [0.15, 0.2) is 6.61 Å². The number of anilines is 1. The molecule has 144 valence electrons. The Morgan fingerprint density at radius 2 is 1.71 bits per heavy atom. The summed E-state index contributed by atoms with van der Waals surface area (Å²) in [4.78, 5) is 40.9. The molecule has 0 unspecified atom stereocenters. The van der Waals surface area contributed by atoms with Crippen LogP contribution in [0.1, 0.15) is 15.9 Å². The molecule has 28 heavy (non-hydrogen) atoms. The summed E-state index contributed by atoms with van der Waals surface area (Å²) >= 11 is 0. The molecular weight excluding hydrogens is 358 g/mol. The van der Waals surface area contributed by atoms with E-state index in [0.29, 0.717) is 44.0 Å². The van der Waals surface area contributed by atoms with Crippen molar-refractivity contribution in [3.05, 3.63) is 59.7 Å². The Labute approximate surface area is 163 Å². The van der Waals surface area contributed by atoms with E-state index in [1.165, 1.54) is 0 Å². The molecule has 0 aliphatic carbocycles. The molecule has 0 radical (unpaired) electrons. The van der Waals surface area contributed by atoms with Gasteiger partial charge in [0.05, 0.1) is 12.2 Å². The summed E-state index contributed by atoms with van der Waals surface area (Å²) in [7, 11) is 0. The van der Waals surface area contributed by atoms with Gasteiger partial charge in [0.25, 0.3) is 11.8 Å². The van der Waals surface area contributed by atoms with Crippen LogP contribution in [0.3, 0.4) is 0 Å². The Bertz CT molecular complexity index is 889. The number of ether oxygens (including phenoxy) is 1.